The van der Waals surface area contributed by atoms with Crippen LogP contribution in [0.3, 0.4) is 0 Å². The molecule has 2 heterocycles. The number of amides is 1. The molecule has 0 aliphatic carbocycles. The molecule has 1 aliphatic rings. The Balaban J connectivity index is 1.39. The number of hydrogen-bond donors (Lipinski definition) is 0. The molecule has 0 saturated carbocycles. The standard InChI is InChI=1S/C21H20FN3O2S/c1-14-12-25(15(2)26)10-9-24(14)13-16-3-6-18(7-4-16)27-21-23-19-11-17(22)5-8-20(19)28-21/h3-8,11H,1,9-10,12-13H2,2H3. The van der Waals surface area contributed by atoms with Crippen LogP contribution in [0.2, 0.25) is 0 Å². The third kappa shape index (κ3) is 3.99. The fourth-order valence-corrected chi connectivity index (χ4v) is 3.98. The van der Waals surface area contributed by atoms with Crippen LogP contribution < -0.4 is 4.74 Å². The predicted octanol–water partition coefficient (Wildman–Crippen LogP) is 4.41. The number of nitrogens with zero attached hydrogens (tertiary/aromatic N) is 3. The summed E-state index contributed by atoms with van der Waals surface area (Å²) in [5.74, 6) is 0.461. The van der Waals surface area contributed by atoms with Gasteiger partial charge in [0.15, 0.2) is 0 Å². The van der Waals surface area contributed by atoms with Crippen LogP contribution >= 0.6 is 11.3 Å². The Morgan fingerprint density at radius 2 is 2.04 bits per heavy atom. The maximum atomic E-state index is 13.3. The average molecular weight is 397 g/mol. The Kier molecular flexibility index (Phi) is 5.00. The maximum Gasteiger partial charge on any atom is 0.279 e. The van der Waals surface area contributed by atoms with Gasteiger partial charge in [0.1, 0.15) is 11.6 Å². The molecule has 4 rings (SSSR count). The highest BCUT2D eigenvalue weighted by molar-refractivity contribution is 7.20. The minimum absolute atomic E-state index is 0.0832. The molecule has 0 N–H and O–H groups in total. The average Bonchev–Trinajstić information content (AvgIpc) is 3.06. The Labute approximate surface area is 166 Å². The molecule has 1 aromatic heterocycles. The summed E-state index contributed by atoms with van der Waals surface area (Å²) in [5.41, 5.74) is 2.68. The molecule has 0 atom stereocenters. The third-order valence-electron chi connectivity index (χ3n) is 4.74. The number of halogens is 1. The lowest BCUT2D eigenvalue weighted by Gasteiger charge is -2.37. The van der Waals surface area contributed by atoms with Crippen LogP contribution in [0.15, 0.2) is 54.7 Å². The summed E-state index contributed by atoms with van der Waals surface area (Å²) in [6.45, 7) is 8.50. The van der Waals surface area contributed by atoms with Crippen molar-refractivity contribution in [1.82, 2.24) is 14.8 Å². The molecule has 0 bridgehead atoms. The molecule has 3 aromatic rings. The first-order chi connectivity index (χ1) is 13.5. The van der Waals surface area contributed by atoms with Gasteiger partial charge < -0.3 is 14.5 Å². The normalized spacial score (nSPS) is 14.6. The van der Waals surface area contributed by atoms with Gasteiger partial charge in [-0.1, -0.05) is 30.0 Å². The minimum Gasteiger partial charge on any atom is -0.431 e. The van der Waals surface area contributed by atoms with E-state index in [-0.39, 0.29) is 11.7 Å². The van der Waals surface area contributed by atoms with Crippen LogP contribution in [0.4, 0.5) is 4.39 Å². The molecule has 1 saturated heterocycles. The van der Waals surface area contributed by atoms with Crippen molar-refractivity contribution >= 4 is 27.5 Å². The van der Waals surface area contributed by atoms with Crippen LogP contribution in [0, 0.1) is 5.82 Å². The Morgan fingerprint density at radius 1 is 1.25 bits per heavy atom. The van der Waals surface area contributed by atoms with Crippen molar-refractivity contribution < 1.29 is 13.9 Å². The summed E-state index contributed by atoms with van der Waals surface area (Å²) in [7, 11) is 0. The van der Waals surface area contributed by atoms with Gasteiger partial charge in [0.25, 0.3) is 5.19 Å². The van der Waals surface area contributed by atoms with Crippen LogP contribution in [-0.4, -0.2) is 40.3 Å². The summed E-state index contributed by atoms with van der Waals surface area (Å²) < 4.78 is 20.0. The van der Waals surface area contributed by atoms with Gasteiger partial charge in [0, 0.05) is 38.3 Å². The highest BCUT2D eigenvalue weighted by Crippen LogP contribution is 2.31. The van der Waals surface area contributed by atoms with Crippen molar-refractivity contribution in [2.75, 3.05) is 19.6 Å². The molecule has 1 fully saturated rings. The first-order valence-electron chi connectivity index (χ1n) is 8.99. The molecule has 144 valence electrons. The smallest absolute Gasteiger partial charge is 0.279 e. The zero-order valence-electron chi connectivity index (χ0n) is 15.5. The maximum absolute atomic E-state index is 13.3. The lowest BCUT2D eigenvalue weighted by molar-refractivity contribution is -0.129. The quantitative estimate of drug-likeness (QED) is 0.654. The van der Waals surface area contributed by atoms with E-state index < -0.39 is 0 Å². The van der Waals surface area contributed by atoms with E-state index in [1.54, 1.807) is 17.9 Å². The zero-order chi connectivity index (χ0) is 19.7. The van der Waals surface area contributed by atoms with E-state index in [1.165, 1.54) is 23.5 Å². The summed E-state index contributed by atoms with van der Waals surface area (Å²) in [6, 6.07) is 12.3. The van der Waals surface area contributed by atoms with E-state index in [2.05, 4.69) is 16.5 Å². The molecule has 2 aromatic carbocycles. The molecule has 28 heavy (non-hydrogen) atoms. The SMILES string of the molecule is C=C1CN(C(C)=O)CCN1Cc1ccc(Oc2nc3cc(F)ccc3s2)cc1. The molecule has 1 aliphatic heterocycles. The molecule has 1 amide bonds. The van der Waals surface area contributed by atoms with Crippen molar-refractivity contribution in [3.8, 4) is 10.9 Å². The number of thiazole rings is 1. The summed E-state index contributed by atoms with van der Waals surface area (Å²) in [5, 5.41) is 0.488. The summed E-state index contributed by atoms with van der Waals surface area (Å²) in [4.78, 5) is 19.8. The van der Waals surface area contributed by atoms with Crippen molar-refractivity contribution in [3.05, 3.63) is 66.1 Å². The fourth-order valence-electron chi connectivity index (χ4n) is 3.17. The Bertz CT molecular complexity index is 1030. The molecule has 0 radical (unpaired) electrons. The van der Waals surface area contributed by atoms with Gasteiger partial charge >= 0.3 is 0 Å². The molecular formula is C21H20FN3O2S. The van der Waals surface area contributed by atoms with Crippen molar-refractivity contribution in [2.45, 2.75) is 13.5 Å². The Hall–Kier alpha value is -2.93. The lowest BCUT2D eigenvalue weighted by Crippen LogP contribution is -2.45. The van der Waals surface area contributed by atoms with Crippen LogP contribution in [0.5, 0.6) is 10.9 Å². The van der Waals surface area contributed by atoms with Gasteiger partial charge in [0.2, 0.25) is 5.91 Å². The number of fused-ring (bicyclic) bond motifs is 1. The number of aromatic nitrogens is 1. The first kappa shape index (κ1) is 18.4. The number of hydrogen-bond acceptors (Lipinski definition) is 5. The van der Waals surface area contributed by atoms with Crippen LogP contribution in [-0.2, 0) is 11.3 Å². The van der Waals surface area contributed by atoms with E-state index in [4.69, 9.17) is 4.74 Å². The molecule has 0 unspecified atom stereocenters. The number of carbonyl (C=O) groups excluding carboxylic acids is 1. The summed E-state index contributed by atoms with van der Waals surface area (Å²) >= 11 is 1.38. The topological polar surface area (TPSA) is 45.7 Å². The van der Waals surface area contributed by atoms with Gasteiger partial charge in [-0.3, -0.25) is 4.79 Å². The fraction of sp³-hybridized carbons (Fsp3) is 0.238. The third-order valence-corrected chi connectivity index (χ3v) is 5.65. The van der Waals surface area contributed by atoms with E-state index in [0.29, 0.717) is 29.5 Å². The monoisotopic (exact) mass is 397 g/mol. The van der Waals surface area contributed by atoms with Gasteiger partial charge in [-0.05, 0) is 29.8 Å². The second-order valence-corrected chi connectivity index (χ2v) is 7.76. The zero-order valence-corrected chi connectivity index (χ0v) is 16.3. The number of benzene rings is 2. The second kappa shape index (κ2) is 7.59. The van der Waals surface area contributed by atoms with E-state index in [9.17, 15) is 9.18 Å². The van der Waals surface area contributed by atoms with E-state index in [1.807, 2.05) is 24.3 Å². The van der Waals surface area contributed by atoms with Crippen molar-refractivity contribution in [2.24, 2.45) is 0 Å². The van der Waals surface area contributed by atoms with Crippen molar-refractivity contribution in [1.29, 1.82) is 0 Å². The van der Waals surface area contributed by atoms with Crippen LogP contribution in [0.1, 0.15) is 12.5 Å². The summed E-state index contributed by atoms with van der Waals surface area (Å²) in [6.07, 6.45) is 0. The van der Waals surface area contributed by atoms with Gasteiger partial charge in [0.05, 0.1) is 16.8 Å². The molecular weight excluding hydrogens is 377 g/mol. The van der Waals surface area contributed by atoms with Crippen molar-refractivity contribution in [3.63, 3.8) is 0 Å². The van der Waals surface area contributed by atoms with E-state index in [0.717, 1.165) is 29.0 Å². The second-order valence-electron chi connectivity index (χ2n) is 6.77. The highest BCUT2D eigenvalue weighted by Gasteiger charge is 2.21. The van der Waals surface area contributed by atoms with Gasteiger partial charge in [-0.15, -0.1) is 0 Å². The largest absolute Gasteiger partial charge is 0.431 e. The highest BCUT2D eigenvalue weighted by atomic mass is 32.1. The van der Waals surface area contributed by atoms with E-state index >= 15 is 0 Å². The van der Waals surface area contributed by atoms with Gasteiger partial charge in [-0.25, -0.2) is 9.37 Å². The molecule has 0 spiro atoms. The number of rotatable bonds is 4. The number of ether oxygens (including phenoxy) is 1. The molecule has 5 nitrogen and oxygen atoms in total. The minimum atomic E-state index is -0.306. The Morgan fingerprint density at radius 3 is 2.75 bits per heavy atom. The van der Waals surface area contributed by atoms with Gasteiger partial charge in [-0.2, -0.15) is 0 Å². The number of carbonyl (C=O) groups is 1. The first-order valence-corrected chi connectivity index (χ1v) is 9.81. The molecule has 7 heteroatoms. The van der Waals surface area contributed by atoms with Crippen LogP contribution in [0.25, 0.3) is 10.2 Å². The lowest BCUT2D eigenvalue weighted by atomic mass is 10.1. The number of piperazine rings is 1. The predicted molar refractivity (Wildman–Crippen MR) is 108 cm³/mol.